The third-order valence-corrected chi connectivity index (χ3v) is 3.54. The molecule has 2 aromatic carbocycles. The molecule has 1 nitrogen and oxygen atoms in total. The highest BCUT2D eigenvalue weighted by Gasteiger charge is 2.14. The first-order chi connectivity index (χ1) is 9.17. The summed E-state index contributed by atoms with van der Waals surface area (Å²) in [7, 11) is 0. The zero-order valence-electron chi connectivity index (χ0n) is 10.3. The van der Waals surface area contributed by atoms with Crippen LogP contribution in [-0.4, -0.2) is 0 Å². The molecule has 0 heterocycles. The van der Waals surface area contributed by atoms with Crippen LogP contribution in [0.1, 0.15) is 12.5 Å². The van der Waals surface area contributed by atoms with E-state index in [1.54, 1.807) is 5.40 Å². The Kier molecular flexibility index (Phi) is 4.18. The lowest BCUT2D eigenvalue weighted by Crippen LogP contribution is -1.92. The minimum absolute atomic E-state index is 0.250. The zero-order chi connectivity index (χ0) is 13.8. The first-order valence-corrected chi connectivity index (χ1v) is 6.62. The van der Waals surface area contributed by atoms with Crippen LogP contribution in [0.25, 0.3) is 11.1 Å². The van der Waals surface area contributed by atoms with Crippen molar-refractivity contribution < 1.29 is 8.78 Å². The quantitative estimate of drug-likeness (QED) is 0.595. The number of nitriles is 1. The molecule has 0 amide bonds. The van der Waals surface area contributed by atoms with Crippen LogP contribution in [0.4, 0.5) is 8.78 Å². The molecule has 0 unspecified atom stereocenters. The maximum atomic E-state index is 13.8. The van der Waals surface area contributed by atoms with Gasteiger partial charge in [0.15, 0.2) is 0 Å². The van der Waals surface area contributed by atoms with Crippen molar-refractivity contribution in [3.8, 4) is 16.5 Å². The molecule has 0 aromatic heterocycles. The summed E-state index contributed by atoms with van der Waals surface area (Å²) in [5.41, 5.74) is 2.34. The summed E-state index contributed by atoms with van der Waals surface area (Å²) in [5, 5.41) is 10.2. The van der Waals surface area contributed by atoms with Gasteiger partial charge in [-0.2, -0.15) is 5.26 Å². The summed E-state index contributed by atoms with van der Waals surface area (Å²) in [6, 6.07) is 10.1. The minimum Gasteiger partial charge on any atom is -0.206 e. The topological polar surface area (TPSA) is 23.8 Å². The molecule has 0 aliphatic heterocycles. The predicted molar refractivity (Wildman–Crippen MR) is 72.6 cm³/mol. The lowest BCUT2D eigenvalue weighted by atomic mass is 9.98. The Hall–Kier alpha value is -1.86. The second-order valence-corrected chi connectivity index (χ2v) is 4.77. The number of aryl methyl sites for hydroxylation is 1. The second kappa shape index (κ2) is 5.85. The number of nitrogens with zero attached hydrogens (tertiary/aromatic N) is 1. The van der Waals surface area contributed by atoms with Crippen LogP contribution in [0, 0.1) is 22.3 Å². The lowest BCUT2D eigenvalue weighted by molar-refractivity contribution is 0.542. The van der Waals surface area contributed by atoms with Crippen molar-refractivity contribution >= 4 is 11.8 Å². The Labute approximate surface area is 114 Å². The molecule has 0 aliphatic carbocycles. The SMILES string of the molecule is CCc1ccccc1-c1cc(F)c(SC#N)c(F)c1. The predicted octanol–water partition coefficient (Wildman–Crippen LogP) is 4.77. The van der Waals surface area contributed by atoms with Gasteiger partial charge >= 0.3 is 0 Å². The van der Waals surface area contributed by atoms with Crippen LogP contribution >= 0.6 is 11.8 Å². The van der Waals surface area contributed by atoms with Gasteiger partial charge in [0.2, 0.25) is 0 Å². The molecule has 0 atom stereocenters. The van der Waals surface area contributed by atoms with Gasteiger partial charge in [-0.3, -0.25) is 0 Å². The van der Waals surface area contributed by atoms with Crippen molar-refractivity contribution in [2.75, 3.05) is 0 Å². The third kappa shape index (κ3) is 2.77. The van der Waals surface area contributed by atoms with Crippen molar-refractivity contribution in [1.29, 1.82) is 5.26 Å². The Morgan fingerprint density at radius 2 is 1.79 bits per heavy atom. The van der Waals surface area contributed by atoms with Crippen molar-refractivity contribution in [1.82, 2.24) is 0 Å². The van der Waals surface area contributed by atoms with Crippen molar-refractivity contribution in [2.24, 2.45) is 0 Å². The number of benzene rings is 2. The molecule has 0 spiro atoms. The molecule has 2 rings (SSSR count). The lowest BCUT2D eigenvalue weighted by Gasteiger charge is -2.09. The van der Waals surface area contributed by atoms with Gasteiger partial charge in [0.05, 0.1) is 4.90 Å². The van der Waals surface area contributed by atoms with Gasteiger partial charge in [0, 0.05) is 0 Å². The van der Waals surface area contributed by atoms with Crippen molar-refractivity contribution in [3.63, 3.8) is 0 Å². The van der Waals surface area contributed by atoms with E-state index in [9.17, 15) is 8.78 Å². The van der Waals surface area contributed by atoms with Gasteiger partial charge in [-0.25, -0.2) is 8.78 Å². The number of thioether (sulfide) groups is 1. The highest BCUT2D eigenvalue weighted by Crippen LogP contribution is 2.31. The van der Waals surface area contributed by atoms with Gasteiger partial charge in [0.25, 0.3) is 0 Å². The fraction of sp³-hybridized carbons (Fsp3) is 0.133. The molecule has 0 bridgehead atoms. The van der Waals surface area contributed by atoms with Crippen LogP contribution in [0.15, 0.2) is 41.3 Å². The van der Waals surface area contributed by atoms with E-state index in [1.807, 2.05) is 31.2 Å². The van der Waals surface area contributed by atoms with Gasteiger partial charge < -0.3 is 0 Å². The van der Waals surface area contributed by atoms with Gasteiger partial charge in [-0.05, 0) is 47.0 Å². The van der Waals surface area contributed by atoms with Crippen molar-refractivity contribution in [3.05, 3.63) is 53.6 Å². The minimum atomic E-state index is -0.701. The summed E-state index contributed by atoms with van der Waals surface area (Å²) in [5.74, 6) is -1.40. The van der Waals surface area contributed by atoms with E-state index in [0.29, 0.717) is 17.3 Å². The molecule has 0 radical (unpaired) electrons. The maximum absolute atomic E-state index is 13.8. The summed E-state index contributed by atoms with van der Waals surface area (Å²) in [6.45, 7) is 1.99. The van der Waals surface area contributed by atoms with E-state index in [0.717, 1.165) is 17.5 Å². The smallest absolute Gasteiger partial charge is 0.141 e. The van der Waals surface area contributed by atoms with E-state index >= 15 is 0 Å². The third-order valence-electron chi connectivity index (χ3n) is 2.86. The Morgan fingerprint density at radius 3 is 2.37 bits per heavy atom. The summed E-state index contributed by atoms with van der Waals surface area (Å²) < 4.78 is 27.6. The number of hydrogen-bond acceptors (Lipinski definition) is 2. The van der Waals surface area contributed by atoms with E-state index in [2.05, 4.69) is 0 Å². The fourth-order valence-electron chi connectivity index (χ4n) is 1.97. The van der Waals surface area contributed by atoms with Crippen molar-refractivity contribution in [2.45, 2.75) is 18.2 Å². The molecule has 0 aliphatic rings. The Bertz CT molecular complexity index is 624. The molecule has 0 saturated carbocycles. The zero-order valence-corrected chi connectivity index (χ0v) is 11.1. The maximum Gasteiger partial charge on any atom is 0.141 e. The number of rotatable bonds is 3. The first-order valence-electron chi connectivity index (χ1n) is 5.80. The molecular formula is C15H11F2NS. The Morgan fingerprint density at radius 1 is 1.16 bits per heavy atom. The molecule has 19 heavy (non-hydrogen) atoms. The summed E-state index contributed by atoms with van der Waals surface area (Å²) >= 11 is 0.498. The van der Waals surface area contributed by atoms with Crippen LogP contribution in [0.5, 0.6) is 0 Å². The van der Waals surface area contributed by atoms with Crippen LogP contribution in [0.3, 0.4) is 0 Å². The van der Waals surface area contributed by atoms with Crippen LogP contribution in [0.2, 0.25) is 0 Å². The van der Waals surface area contributed by atoms with E-state index < -0.39 is 11.6 Å². The molecule has 2 aromatic rings. The summed E-state index contributed by atoms with van der Waals surface area (Å²) in [6.07, 6.45) is 0.786. The highest BCUT2D eigenvalue weighted by atomic mass is 32.2. The highest BCUT2D eigenvalue weighted by molar-refractivity contribution is 8.03. The van der Waals surface area contributed by atoms with Crippen LogP contribution in [-0.2, 0) is 6.42 Å². The van der Waals surface area contributed by atoms with E-state index in [1.165, 1.54) is 12.1 Å². The molecule has 0 fully saturated rings. The molecule has 0 N–H and O–H groups in total. The molecular weight excluding hydrogens is 264 g/mol. The summed E-state index contributed by atoms with van der Waals surface area (Å²) in [4.78, 5) is -0.250. The number of halogens is 2. The fourth-order valence-corrected chi connectivity index (χ4v) is 2.37. The number of thiocyanates is 1. The Balaban J connectivity index is 2.56. The van der Waals surface area contributed by atoms with E-state index in [4.69, 9.17) is 5.26 Å². The monoisotopic (exact) mass is 275 g/mol. The average molecular weight is 275 g/mol. The van der Waals surface area contributed by atoms with Gasteiger partial charge in [0.1, 0.15) is 17.0 Å². The average Bonchev–Trinajstić information content (AvgIpc) is 2.42. The standard InChI is InChI=1S/C15H11F2NS/c1-2-10-5-3-4-6-12(10)11-7-13(16)15(19-9-18)14(17)8-11/h3-8H,2H2,1H3. The molecule has 96 valence electrons. The first kappa shape index (κ1) is 13.6. The largest absolute Gasteiger partial charge is 0.206 e. The van der Waals surface area contributed by atoms with Gasteiger partial charge in [-0.1, -0.05) is 31.2 Å². The van der Waals surface area contributed by atoms with Gasteiger partial charge in [-0.15, -0.1) is 0 Å². The van der Waals surface area contributed by atoms with Crippen LogP contribution < -0.4 is 0 Å². The van der Waals surface area contributed by atoms with E-state index in [-0.39, 0.29) is 4.90 Å². The molecule has 4 heteroatoms. The molecule has 0 saturated heterocycles. The normalized spacial score (nSPS) is 10.2. The number of hydrogen-bond donors (Lipinski definition) is 0. The second-order valence-electron chi connectivity index (χ2n) is 3.97.